The molecular formula is C20H18ClN3O. The van der Waals surface area contributed by atoms with Crippen LogP contribution in [-0.4, -0.2) is 15.5 Å². The number of imidazole rings is 1. The van der Waals surface area contributed by atoms with Crippen LogP contribution >= 0.6 is 11.6 Å². The molecule has 0 saturated heterocycles. The summed E-state index contributed by atoms with van der Waals surface area (Å²) in [5.74, 6) is 0.804. The van der Waals surface area contributed by atoms with Gasteiger partial charge in [-0.25, -0.2) is 4.98 Å². The molecule has 1 N–H and O–H groups in total. The SMILES string of the molecule is Cc1nccn1Cc1ccc(NC(=O)/C=C/c2ccc(Cl)cc2)cc1. The van der Waals surface area contributed by atoms with Gasteiger partial charge in [-0.1, -0.05) is 35.9 Å². The van der Waals surface area contributed by atoms with Crippen LogP contribution in [-0.2, 0) is 11.3 Å². The van der Waals surface area contributed by atoms with Crippen molar-refractivity contribution in [2.45, 2.75) is 13.5 Å². The number of hydrogen-bond acceptors (Lipinski definition) is 2. The Hall–Kier alpha value is -2.85. The topological polar surface area (TPSA) is 46.9 Å². The van der Waals surface area contributed by atoms with Crippen LogP contribution < -0.4 is 5.32 Å². The fraction of sp³-hybridized carbons (Fsp3) is 0.100. The molecule has 1 amide bonds. The van der Waals surface area contributed by atoms with Crippen molar-refractivity contribution in [2.24, 2.45) is 0 Å². The number of benzene rings is 2. The van der Waals surface area contributed by atoms with Crippen LogP contribution in [0.4, 0.5) is 5.69 Å². The molecule has 4 nitrogen and oxygen atoms in total. The Kier molecular flexibility index (Phi) is 5.31. The van der Waals surface area contributed by atoms with Gasteiger partial charge >= 0.3 is 0 Å². The molecule has 0 aliphatic rings. The van der Waals surface area contributed by atoms with Gasteiger partial charge in [-0.3, -0.25) is 4.79 Å². The van der Waals surface area contributed by atoms with E-state index in [9.17, 15) is 4.79 Å². The highest BCUT2D eigenvalue weighted by molar-refractivity contribution is 6.30. The summed E-state index contributed by atoms with van der Waals surface area (Å²) in [7, 11) is 0. The molecule has 0 unspecified atom stereocenters. The lowest BCUT2D eigenvalue weighted by Gasteiger charge is -2.07. The zero-order chi connectivity index (χ0) is 17.6. The number of aromatic nitrogens is 2. The van der Waals surface area contributed by atoms with Gasteiger partial charge in [0, 0.05) is 35.7 Å². The zero-order valence-electron chi connectivity index (χ0n) is 13.8. The number of amides is 1. The van der Waals surface area contributed by atoms with E-state index < -0.39 is 0 Å². The van der Waals surface area contributed by atoms with Crippen LogP contribution in [0.2, 0.25) is 5.02 Å². The van der Waals surface area contributed by atoms with E-state index in [4.69, 9.17) is 11.6 Å². The van der Waals surface area contributed by atoms with Crippen LogP contribution in [0, 0.1) is 6.92 Å². The average molecular weight is 352 g/mol. The van der Waals surface area contributed by atoms with Gasteiger partial charge in [-0.05, 0) is 48.4 Å². The van der Waals surface area contributed by atoms with Gasteiger partial charge in [-0.2, -0.15) is 0 Å². The van der Waals surface area contributed by atoms with Crippen molar-refractivity contribution < 1.29 is 4.79 Å². The number of halogens is 1. The van der Waals surface area contributed by atoms with Crippen molar-refractivity contribution >= 4 is 29.3 Å². The Bertz CT molecular complexity index is 880. The summed E-state index contributed by atoms with van der Waals surface area (Å²) in [6.45, 7) is 2.73. The molecule has 1 heterocycles. The van der Waals surface area contributed by atoms with E-state index in [1.165, 1.54) is 6.08 Å². The lowest BCUT2D eigenvalue weighted by atomic mass is 10.2. The van der Waals surface area contributed by atoms with Crippen LogP contribution in [0.15, 0.2) is 67.0 Å². The normalized spacial score (nSPS) is 11.0. The molecule has 3 aromatic rings. The molecule has 2 aromatic carbocycles. The van der Waals surface area contributed by atoms with Crippen LogP contribution in [0.1, 0.15) is 17.0 Å². The molecule has 3 rings (SSSR count). The van der Waals surface area contributed by atoms with Crippen molar-refractivity contribution in [2.75, 3.05) is 5.32 Å². The van der Waals surface area contributed by atoms with Gasteiger partial charge in [0.25, 0.3) is 0 Å². The number of aryl methyl sites for hydroxylation is 1. The first-order valence-corrected chi connectivity index (χ1v) is 8.29. The van der Waals surface area contributed by atoms with E-state index in [1.807, 2.05) is 49.5 Å². The molecule has 5 heteroatoms. The molecule has 0 aliphatic carbocycles. The lowest BCUT2D eigenvalue weighted by Crippen LogP contribution is -2.08. The second-order valence-corrected chi connectivity index (χ2v) is 6.11. The maximum atomic E-state index is 12.0. The predicted octanol–water partition coefficient (Wildman–Crippen LogP) is 4.55. The summed E-state index contributed by atoms with van der Waals surface area (Å²) in [6, 6.07) is 15.1. The molecule has 0 bridgehead atoms. The van der Waals surface area contributed by atoms with Crippen LogP contribution in [0.3, 0.4) is 0 Å². The molecular weight excluding hydrogens is 334 g/mol. The number of nitrogens with zero attached hydrogens (tertiary/aromatic N) is 2. The standard InChI is InChI=1S/C20H18ClN3O/c1-15-22-12-13-24(15)14-17-4-9-19(10-5-17)23-20(25)11-6-16-2-7-18(21)8-3-16/h2-13H,14H2,1H3,(H,23,25)/b11-6+. The Morgan fingerprint density at radius 1 is 1.16 bits per heavy atom. The minimum absolute atomic E-state index is 0.173. The Morgan fingerprint density at radius 3 is 2.52 bits per heavy atom. The first-order chi connectivity index (χ1) is 12.1. The van der Waals surface area contributed by atoms with Crippen molar-refractivity contribution in [3.63, 3.8) is 0 Å². The van der Waals surface area contributed by atoms with Crippen molar-refractivity contribution in [1.82, 2.24) is 9.55 Å². The fourth-order valence-electron chi connectivity index (χ4n) is 2.39. The summed E-state index contributed by atoms with van der Waals surface area (Å²) in [6.07, 6.45) is 7.00. The average Bonchev–Trinajstić information content (AvgIpc) is 3.01. The molecule has 25 heavy (non-hydrogen) atoms. The number of rotatable bonds is 5. The zero-order valence-corrected chi connectivity index (χ0v) is 14.6. The van der Waals surface area contributed by atoms with Crippen molar-refractivity contribution in [1.29, 1.82) is 0 Å². The highest BCUT2D eigenvalue weighted by atomic mass is 35.5. The molecule has 1 aromatic heterocycles. The van der Waals surface area contributed by atoms with Crippen molar-refractivity contribution in [3.8, 4) is 0 Å². The Labute approximate surface area is 151 Å². The van der Waals surface area contributed by atoms with Crippen LogP contribution in [0.25, 0.3) is 6.08 Å². The van der Waals surface area contributed by atoms with Gasteiger partial charge in [0.2, 0.25) is 5.91 Å². The maximum Gasteiger partial charge on any atom is 0.248 e. The van der Waals surface area contributed by atoms with E-state index in [-0.39, 0.29) is 5.91 Å². The Balaban J connectivity index is 1.58. The monoisotopic (exact) mass is 351 g/mol. The molecule has 0 aliphatic heterocycles. The van der Waals surface area contributed by atoms with Gasteiger partial charge in [-0.15, -0.1) is 0 Å². The van der Waals surface area contributed by atoms with E-state index in [2.05, 4.69) is 14.9 Å². The molecule has 0 fully saturated rings. The first kappa shape index (κ1) is 17.0. The van der Waals surface area contributed by atoms with Crippen LogP contribution in [0.5, 0.6) is 0 Å². The largest absolute Gasteiger partial charge is 0.331 e. The molecule has 0 radical (unpaired) electrons. The van der Waals surface area contributed by atoms with Gasteiger partial charge in [0.05, 0.1) is 0 Å². The molecule has 0 spiro atoms. The Morgan fingerprint density at radius 2 is 1.88 bits per heavy atom. The summed E-state index contributed by atoms with van der Waals surface area (Å²) >= 11 is 5.84. The summed E-state index contributed by atoms with van der Waals surface area (Å²) < 4.78 is 2.07. The van der Waals surface area contributed by atoms with E-state index in [0.717, 1.165) is 29.2 Å². The summed E-state index contributed by atoms with van der Waals surface area (Å²) in [4.78, 5) is 16.2. The van der Waals surface area contributed by atoms with Gasteiger partial charge in [0.15, 0.2) is 0 Å². The number of carbonyl (C=O) groups is 1. The first-order valence-electron chi connectivity index (χ1n) is 7.91. The van der Waals surface area contributed by atoms with Crippen molar-refractivity contribution in [3.05, 3.63) is 89.0 Å². The number of carbonyl (C=O) groups excluding carboxylic acids is 1. The minimum Gasteiger partial charge on any atom is -0.331 e. The third kappa shape index (κ3) is 4.81. The van der Waals surface area contributed by atoms with E-state index >= 15 is 0 Å². The molecule has 126 valence electrons. The highest BCUT2D eigenvalue weighted by Crippen LogP contribution is 2.13. The maximum absolute atomic E-state index is 12.0. The van der Waals surface area contributed by atoms with Gasteiger partial charge < -0.3 is 9.88 Å². The quantitative estimate of drug-likeness (QED) is 0.686. The smallest absolute Gasteiger partial charge is 0.248 e. The highest BCUT2D eigenvalue weighted by Gasteiger charge is 2.01. The predicted molar refractivity (Wildman–Crippen MR) is 102 cm³/mol. The summed E-state index contributed by atoms with van der Waals surface area (Å²) in [5.41, 5.74) is 2.83. The fourth-order valence-corrected chi connectivity index (χ4v) is 2.52. The lowest BCUT2D eigenvalue weighted by molar-refractivity contribution is -0.111. The number of anilines is 1. The number of hydrogen-bond donors (Lipinski definition) is 1. The number of nitrogens with one attached hydrogen (secondary N) is 1. The molecule has 0 atom stereocenters. The van der Waals surface area contributed by atoms with E-state index in [0.29, 0.717) is 5.02 Å². The second kappa shape index (κ2) is 7.81. The van der Waals surface area contributed by atoms with Gasteiger partial charge in [0.1, 0.15) is 5.82 Å². The minimum atomic E-state index is -0.173. The third-order valence-corrected chi connectivity index (χ3v) is 4.05. The molecule has 0 saturated carbocycles. The second-order valence-electron chi connectivity index (χ2n) is 5.67. The third-order valence-electron chi connectivity index (χ3n) is 3.80. The van der Waals surface area contributed by atoms with E-state index in [1.54, 1.807) is 24.4 Å². The summed E-state index contributed by atoms with van der Waals surface area (Å²) in [5, 5.41) is 3.52.